The average molecular weight is 767 g/mol. The summed E-state index contributed by atoms with van der Waals surface area (Å²) in [5.74, 6) is 0.343. The number of benzene rings is 4. The number of carbonyl (C=O) groups is 4. The Morgan fingerprint density at radius 1 is 0.500 bits per heavy atom. The van der Waals surface area contributed by atoms with Crippen molar-refractivity contribution in [2.24, 2.45) is 0 Å². The molecule has 1 unspecified atom stereocenters. The van der Waals surface area contributed by atoms with Crippen LogP contribution < -0.4 is 23.7 Å². The maximum Gasteiger partial charge on any atom is 0.343 e. The molecule has 0 spiro atoms. The zero-order valence-corrected chi connectivity index (χ0v) is 31.4. The number of hydrogen-bond donors (Lipinski definition) is 0. The highest BCUT2D eigenvalue weighted by Crippen LogP contribution is 2.26. The molecule has 0 aromatic heterocycles. The predicted molar refractivity (Wildman–Crippen MR) is 207 cm³/mol. The number of ether oxygens (including phenoxy) is 8. The Morgan fingerprint density at radius 3 is 1.38 bits per heavy atom. The van der Waals surface area contributed by atoms with Crippen LogP contribution in [0.5, 0.6) is 28.7 Å². The van der Waals surface area contributed by atoms with Gasteiger partial charge in [0.15, 0.2) is 0 Å². The molecule has 12 heteroatoms. The first-order chi connectivity index (χ1) is 27.3. The Labute approximate surface area is 326 Å². The number of hydrogen-bond acceptors (Lipinski definition) is 12. The van der Waals surface area contributed by atoms with Gasteiger partial charge >= 0.3 is 23.9 Å². The van der Waals surface area contributed by atoms with E-state index in [4.69, 9.17) is 37.9 Å². The van der Waals surface area contributed by atoms with E-state index < -0.39 is 30.2 Å². The number of esters is 4. The molecule has 4 rings (SSSR count). The summed E-state index contributed by atoms with van der Waals surface area (Å²) in [6.45, 7) is 8.30. The summed E-state index contributed by atoms with van der Waals surface area (Å²) in [5, 5.41) is 0. The molecule has 0 heterocycles. The molecule has 1 atom stereocenters. The Bertz CT molecular complexity index is 1850. The molecule has 0 bridgehead atoms. The molecule has 12 nitrogen and oxygen atoms in total. The van der Waals surface area contributed by atoms with Crippen molar-refractivity contribution in [2.45, 2.75) is 44.8 Å². The van der Waals surface area contributed by atoms with Crippen LogP contribution in [0.1, 0.15) is 71.1 Å². The lowest BCUT2D eigenvalue weighted by molar-refractivity contribution is -0.138. The van der Waals surface area contributed by atoms with Crippen molar-refractivity contribution >= 4 is 23.9 Å². The Hall–Kier alpha value is -6.40. The van der Waals surface area contributed by atoms with Gasteiger partial charge in [-0.2, -0.15) is 0 Å². The fourth-order valence-electron chi connectivity index (χ4n) is 5.00. The Morgan fingerprint density at radius 2 is 0.893 bits per heavy atom. The molecule has 0 N–H and O–H groups in total. The van der Waals surface area contributed by atoms with Crippen LogP contribution in [0, 0.1) is 0 Å². The number of carbonyl (C=O) groups excluding carboxylic acids is 4. The van der Waals surface area contributed by atoms with Crippen molar-refractivity contribution in [3.63, 3.8) is 0 Å². The van der Waals surface area contributed by atoms with Crippen LogP contribution in [0.25, 0.3) is 0 Å². The first-order valence-corrected chi connectivity index (χ1v) is 18.2. The fourth-order valence-corrected chi connectivity index (χ4v) is 5.00. The molecule has 4 aromatic carbocycles. The third-order valence-corrected chi connectivity index (χ3v) is 7.97. The van der Waals surface area contributed by atoms with E-state index in [1.807, 2.05) is 12.1 Å². The number of methoxy groups -OCH3 is 1. The second-order valence-corrected chi connectivity index (χ2v) is 12.1. The van der Waals surface area contributed by atoms with Crippen LogP contribution in [-0.4, -0.2) is 57.4 Å². The zero-order chi connectivity index (χ0) is 40.0. The summed E-state index contributed by atoms with van der Waals surface area (Å²) in [4.78, 5) is 47.6. The van der Waals surface area contributed by atoms with Gasteiger partial charge < -0.3 is 37.9 Å². The van der Waals surface area contributed by atoms with Crippen molar-refractivity contribution < 1.29 is 57.1 Å². The molecule has 4 aromatic rings. The van der Waals surface area contributed by atoms with Gasteiger partial charge in [-0.1, -0.05) is 32.4 Å². The molecular formula is C44H46O12. The van der Waals surface area contributed by atoms with E-state index in [0.29, 0.717) is 54.6 Å². The van der Waals surface area contributed by atoms with E-state index in [1.54, 1.807) is 60.7 Å². The number of unbranched alkanes of at least 4 members (excludes halogenated alkanes) is 4. The molecule has 0 amide bonds. The Balaban J connectivity index is 1.15. The van der Waals surface area contributed by atoms with Gasteiger partial charge in [0.25, 0.3) is 0 Å². The van der Waals surface area contributed by atoms with E-state index in [2.05, 4.69) is 13.2 Å². The minimum atomic E-state index is -0.715. The summed E-state index contributed by atoms with van der Waals surface area (Å²) in [6, 6.07) is 26.5. The van der Waals surface area contributed by atoms with Gasteiger partial charge in [0.05, 0.1) is 37.6 Å². The molecule has 0 saturated heterocycles. The number of rotatable bonds is 24. The van der Waals surface area contributed by atoms with Gasteiger partial charge in [-0.3, -0.25) is 0 Å². The van der Waals surface area contributed by atoms with E-state index in [0.717, 1.165) is 49.8 Å². The van der Waals surface area contributed by atoms with Crippen molar-refractivity contribution in [3.05, 3.63) is 139 Å². The van der Waals surface area contributed by atoms with Crippen LogP contribution in [0.3, 0.4) is 0 Å². The van der Waals surface area contributed by atoms with Gasteiger partial charge in [0.1, 0.15) is 28.7 Å². The van der Waals surface area contributed by atoms with Crippen LogP contribution in [0.15, 0.2) is 122 Å². The van der Waals surface area contributed by atoms with Crippen LogP contribution in [0.4, 0.5) is 0 Å². The smallest absolute Gasteiger partial charge is 0.343 e. The van der Waals surface area contributed by atoms with E-state index in [-0.39, 0.29) is 18.1 Å². The highest BCUT2D eigenvalue weighted by Gasteiger charge is 2.15. The molecule has 0 radical (unpaired) electrons. The fraction of sp³-hybridized carbons (Fsp3) is 0.273. The molecule has 56 heavy (non-hydrogen) atoms. The lowest BCUT2D eigenvalue weighted by atomic mass is 10.1. The van der Waals surface area contributed by atoms with Crippen LogP contribution in [-0.2, 0) is 23.8 Å². The van der Waals surface area contributed by atoms with Crippen molar-refractivity contribution in [1.82, 2.24) is 0 Å². The maximum absolute atomic E-state index is 12.8. The van der Waals surface area contributed by atoms with Crippen LogP contribution in [0.2, 0.25) is 0 Å². The quantitative estimate of drug-likeness (QED) is 0.0222. The third-order valence-electron chi connectivity index (χ3n) is 7.97. The van der Waals surface area contributed by atoms with E-state index >= 15 is 0 Å². The Kier molecular flexibility index (Phi) is 17.7. The second-order valence-electron chi connectivity index (χ2n) is 12.1. The average Bonchev–Trinajstić information content (AvgIpc) is 3.23. The maximum atomic E-state index is 12.8. The SMILES string of the molecule is C=CC(=O)OCCCCCCCOc1ccc(C(=O)Oc2ccc(OC(=O)c3ccc(OC(OC)c4ccc(OCCCOC(=O)C=C)cc4)cc3)cc2)cc1. The van der Waals surface area contributed by atoms with Gasteiger partial charge in [-0.05, 0) is 110 Å². The highest BCUT2D eigenvalue weighted by molar-refractivity contribution is 5.92. The zero-order valence-electron chi connectivity index (χ0n) is 31.4. The molecular weight excluding hydrogens is 720 g/mol. The molecule has 0 aliphatic rings. The minimum Gasteiger partial charge on any atom is -0.494 e. The largest absolute Gasteiger partial charge is 0.494 e. The lowest BCUT2D eigenvalue weighted by Gasteiger charge is -2.18. The van der Waals surface area contributed by atoms with Crippen molar-refractivity contribution in [2.75, 3.05) is 33.5 Å². The molecule has 0 aliphatic heterocycles. The van der Waals surface area contributed by atoms with Gasteiger partial charge in [0, 0.05) is 31.2 Å². The van der Waals surface area contributed by atoms with Crippen LogP contribution >= 0.6 is 0 Å². The first-order valence-electron chi connectivity index (χ1n) is 18.2. The van der Waals surface area contributed by atoms with Gasteiger partial charge in [0.2, 0.25) is 6.29 Å². The highest BCUT2D eigenvalue weighted by atomic mass is 16.7. The normalized spacial score (nSPS) is 11.0. The summed E-state index contributed by atoms with van der Waals surface area (Å²) >= 11 is 0. The summed E-state index contributed by atoms with van der Waals surface area (Å²) in [7, 11) is 1.52. The minimum absolute atomic E-state index is 0.241. The second kappa shape index (κ2) is 23.4. The topological polar surface area (TPSA) is 142 Å². The molecule has 0 fully saturated rings. The van der Waals surface area contributed by atoms with E-state index in [1.165, 1.54) is 31.4 Å². The summed E-state index contributed by atoms with van der Waals surface area (Å²) < 4.78 is 43.8. The van der Waals surface area contributed by atoms with Crippen molar-refractivity contribution in [3.8, 4) is 28.7 Å². The van der Waals surface area contributed by atoms with Gasteiger partial charge in [-0.15, -0.1) is 0 Å². The molecule has 0 saturated carbocycles. The third kappa shape index (κ3) is 14.8. The predicted octanol–water partition coefficient (Wildman–Crippen LogP) is 8.41. The van der Waals surface area contributed by atoms with Gasteiger partial charge in [-0.25, -0.2) is 19.2 Å². The molecule has 0 aliphatic carbocycles. The monoisotopic (exact) mass is 766 g/mol. The lowest BCUT2D eigenvalue weighted by Crippen LogP contribution is -2.11. The standard InChI is InChI=1S/C44H46O12/c1-4-40(45)52-29-10-8-6-7-9-28-50-35-18-12-32(13-19-35)42(47)54-37-24-26-38(27-25-37)55-43(48)33-14-22-39(23-15-33)56-44(49-3)34-16-20-36(21-17-34)51-30-11-31-53-41(46)5-2/h4-5,12-27,44H,1-2,6-11,28-31H2,3H3. The first kappa shape index (κ1) is 42.3. The van der Waals surface area contributed by atoms with Crippen molar-refractivity contribution in [1.29, 1.82) is 0 Å². The summed E-state index contributed by atoms with van der Waals surface area (Å²) in [5.41, 5.74) is 1.41. The van der Waals surface area contributed by atoms with E-state index in [9.17, 15) is 19.2 Å². The molecule has 294 valence electrons. The summed E-state index contributed by atoms with van der Waals surface area (Å²) in [6.07, 6.45) is 6.78.